The zero-order valence-corrected chi connectivity index (χ0v) is 16.7. The highest BCUT2D eigenvalue weighted by molar-refractivity contribution is 7.98. The first-order valence-electron chi connectivity index (χ1n) is 9.47. The van der Waals surface area contributed by atoms with E-state index in [2.05, 4.69) is 22.8 Å². The third-order valence-electron chi connectivity index (χ3n) is 4.59. The van der Waals surface area contributed by atoms with Crippen LogP contribution in [0, 0.1) is 0 Å². The Morgan fingerprint density at radius 2 is 2.00 bits per heavy atom. The molecule has 1 aliphatic carbocycles. The van der Waals surface area contributed by atoms with E-state index < -0.39 is 0 Å². The lowest BCUT2D eigenvalue weighted by molar-refractivity contribution is 0.0273. The molecule has 5 heteroatoms. The highest BCUT2D eigenvalue weighted by Crippen LogP contribution is 2.28. The minimum Gasteiger partial charge on any atom is -0.378 e. The van der Waals surface area contributed by atoms with E-state index in [1.54, 1.807) is 23.1 Å². The molecule has 1 amide bonds. The first kappa shape index (κ1) is 19.5. The molecule has 0 unspecified atom stereocenters. The van der Waals surface area contributed by atoms with Gasteiger partial charge in [-0.1, -0.05) is 37.5 Å². The van der Waals surface area contributed by atoms with Crippen LogP contribution in [0.4, 0.5) is 0 Å². The minimum atomic E-state index is 0.0111. The van der Waals surface area contributed by atoms with E-state index in [0.29, 0.717) is 12.6 Å². The summed E-state index contributed by atoms with van der Waals surface area (Å²) >= 11 is 3.47. The van der Waals surface area contributed by atoms with Crippen molar-refractivity contribution in [2.45, 2.75) is 55.3 Å². The second kappa shape index (κ2) is 10.8. The number of amides is 1. The van der Waals surface area contributed by atoms with E-state index in [1.807, 2.05) is 24.3 Å². The van der Waals surface area contributed by atoms with Gasteiger partial charge in [-0.25, -0.2) is 0 Å². The number of carbonyl (C=O) groups is 1. The predicted octanol–water partition coefficient (Wildman–Crippen LogP) is 5.51. The summed E-state index contributed by atoms with van der Waals surface area (Å²) in [6.07, 6.45) is 7.63. The van der Waals surface area contributed by atoms with E-state index in [-0.39, 0.29) is 5.91 Å². The number of hydrogen-bond acceptors (Lipinski definition) is 4. The van der Waals surface area contributed by atoms with Crippen LogP contribution >= 0.6 is 23.1 Å². The molecule has 0 aliphatic heterocycles. The Kier molecular flexibility index (Phi) is 8.05. The van der Waals surface area contributed by atoms with Gasteiger partial charge in [-0.3, -0.25) is 4.79 Å². The summed E-state index contributed by atoms with van der Waals surface area (Å²) in [4.78, 5) is 14.9. The van der Waals surface area contributed by atoms with Crippen LogP contribution < -0.4 is 5.32 Å². The Morgan fingerprint density at radius 3 is 2.81 bits per heavy atom. The van der Waals surface area contributed by atoms with Gasteiger partial charge in [-0.05, 0) is 42.8 Å². The van der Waals surface area contributed by atoms with Gasteiger partial charge in [-0.2, -0.15) is 0 Å². The third kappa shape index (κ3) is 6.15. The molecule has 1 aromatic heterocycles. The zero-order valence-electron chi connectivity index (χ0n) is 15.1. The molecule has 1 N–H and O–H groups in total. The Labute approximate surface area is 164 Å². The number of rotatable bonds is 9. The number of benzene rings is 1. The third-order valence-corrected chi connectivity index (χ3v) is 6.78. The minimum absolute atomic E-state index is 0.0111. The highest BCUT2D eigenvalue weighted by Gasteiger charge is 2.14. The topological polar surface area (TPSA) is 38.3 Å². The maximum absolute atomic E-state index is 12.5. The summed E-state index contributed by atoms with van der Waals surface area (Å²) in [7, 11) is 0. The highest BCUT2D eigenvalue weighted by atomic mass is 32.2. The van der Waals surface area contributed by atoms with Crippen molar-refractivity contribution >= 4 is 29.0 Å². The molecule has 1 aromatic carbocycles. The van der Waals surface area contributed by atoms with Gasteiger partial charge >= 0.3 is 0 Å². The average molecular weight is 390 g/mol. The summed E-state index contributed by atoms with van der Waals surface area (Å²) in [6.45, 7) is 1.40. The van der Waals surface area contributed by atoms with Crippen molar-refractivity contribution in [2.24, 2.45) is 0 Å². The van der Waals surface area contributed by atoms with Crippen molar-refractivity contribution in [3.8, 4) is 0 Å². The van der Waals surface area contributed by atoms with E-state index in [1.165, 1.54) is 37.0 Å². The molecule has 0 atom stereocenters. The number of nitrogens with one attached hydrogen (secondary N) is 1. The van der Waals surface area contributed by atoms with Gasteiger partial charge in [0.2, 0.25) is 0 Å². The lowest BCUT2D eigenvalue weighted by Crippen LogP contribution is -2.26. The lowest BCUT2D eigenvalue weighted by atomic mass is 9.98. The van der Waals surface area contributed by atoms with Gasteiger partial charge in [0.1, 0.15) is 0 Å². The van der Waals surface area contributed by atoms with Gasteiger partial charge in [0.15, 0.2) is 0 Å². The number of thiophene rings is 1. The summed E-state index contributed by atoms with van der Waals surface area (Å²) in [5.41, 5.74) is 0.766. The number of ether oxygens (including phenoxy) is 1. The van der Waals surface area contributed by atoms with Crippen LogP contribution in [0.15, 0.2) is 46.7 Å². The van der Waals surface area contributed by atoms with Gasteiger partial charge in [0, 0.05) is 28.7 Å². The fourth-order valence-electron chi connectivity index (χ4n) is 3.17. The van der Waals surface area contributed by atoms with E-state index in [9.17, 15) is 4.79 Å². The molecule has 26 heavy (non-hydrogen) atoms. The SMILES string of the molecule is O=C(NCCCOC1CCCCC1)c1ccccc1SCc1cccs1. The fourth-order valence-corrected chi connectivity index (χ4v) is 5.00. The molecule has 2 aromatic rings. The molecule has 1 fully saturated rings. The van der Waals surface area contributed by atoms with Crippen molar-refractivity contribution in [3.63, 3.8) is 0 Å². The van der Waals surface area contributed by atoms with Crippen LogP contribution in [0.25, 0.3) is 0 Å². The molecule has 3 nitrogen and oxygen atoms in total. The second-order valence-corrected chi connectivity index (χ2v) is 8.65. The van der Waals surface area contributed by atoms with Gasteiger partial charge in [0.05, 0.1) is 11.7 Å². The Balaban J connectivity index is 1.41. The van der Waals surface area contributed by atoms with Crippen molar-refractivity contribution in [2.75, 3.05) is 13.2 Å². The maximum atomic E-state index is 12.5. The van der Waals surface area contributed by atoms with Crippen molar-refractivity contribution in [1.29, 1.82) is 0 Å². The normalized spacial score (nSPS) is 15.1. The lowest BCUT2D eigenvalue weighted by Gasteiger charge is -2.21. The maximum Gasteiger partial charge on any atom is 0.252 e. The van der Waals surface area contributed by atoms with Crippen molar-refractivity contribution in [3.05, 3.63) is 52.2 Å². The summed E-state index contributed by atoms with van der Waals surface area (Å²) < 4.78 is 5.92. The second-order valence-electron chi connectivity index (χ2n) is 6.60. The van der Waals surface area contributed by atoms with E-state index >= 15 is 0 Å². The average Bonchev–Trinajstić information content (AvgIpc) is 3.20. The monoisotopic (exact) mass is 389 g/mol. The predicted molar refractivity (Wildman–Crippen MR) is 110 cm³/mol. The Morgan fingerprint density at radius 1 is 1.15 bits per heavy atom. The van der Waals surface area contributed by atoms with Gasteiger partial charge in [-0.15, -0.1) is 23.1 Å². The number of thioether (sulfide) groups is 1. The number of hydrogen-bond donors (Lipinski definition) is 1. The molecule has 1 saturated carbocycles. The molecule has 1 heterocycles. The van der Waals surface area contributed by atoms with Crippen molar-refractivity contribution < 1.29 is 9.53 Å². The quantitative estimate of drug-likeness (QED) is 0.454. The molecule has 0 saturated heterocycles. The molecule has 0 bridgehead atoms. The fraction of sp³-hybridized carbons (Fsp3) is 0.476. The first-order chi connectivity index (χ1) is 12.8. The van der Waals surface area contributed by atoms with Crippen LogP contribution in [-0.4, -0.2) is 25.2 Å². The van der Waals surface area contributed by atoms with Crippen LogP contribution in [0.5, 0.6) is 0 Å². The van der Waals surface area contributed by atoms with Crippen LogP contribution in [-0.2, 0) is 10.5 Å². The molecule has 140 valence electrons. The zero-order chi connectivity index (χ0) is 18.0. The van der Waals surface area contributed by atoms with Gasteiger partial charge < -0.3 is 10.1 Å². The smallest absolute Gasteiger partial charge is 0.252 e. The van der Waals surface area contributed by atoms with Crippen LogP contribution in [0.2, 0.25) is 0 Å². The molecule has 0 spiro atoms. The van der Waals surface area contributed by atoms with E-state index in [0.717, 1.165) is 29.2 Å². The molecular formula is C21H27NO2S2. The molecule has 1 aliphatic rings. The number of carbonyl (C=O) groups excluding carboxylic acids is 1. The molecule has 3 rings (SSSR count). The standard InChI is InChI=1S/C21H27NO2S2/c23-21(22-13-7-14-24-17-8-2-1-3-9-17)19-11-4-5-12-20(19)26-16-18-10-6-15-25-18/h4-6,10-12,15,17H,1-3,7-9,13-14,16H2,(H,22,23). The summed E-state index contributed by atoms with van der Waals surface area (Å²) in [5, 5.41) is 5.13. The summed E-state index contributed by atoms with van der Waals surface area (Å²) in [6, 6.07) is 12.0. The largest absolute Gasteiger partial charge is 0.378 e. The Bertz CT molecular complexity index is 666. The van der Waals surface area contributed by atoms with E-state index in [4.69, 9.17) is 4.74 Å². The van der Waals surface area contributed by atoms with Crippen LogP contribution in [0.3, 0.4) is 0 Å². The molecule has 0 radical (unpaired) electrons. The molecular weight excluding hydrogens is 362 g/mol. The first-order valence-corrected chi connectivity index (χ1v) is 11.3. The van der Waals surface area contributed by atoms with Crippen molar-refractivity contribution in [1.82, 2.24) is 5.32 Å². The Hall–Kier alpha value is -1.30. The van der Waals surface area contributed by atoms with Crippen LogP contribution in [0.1, 0.15) is 53.8 Å². The van der Waals surface area contributed by atoms with Gasteiger partial charge in [0.25, 0.3) is 5.91 Å². The summed E-state index contributed by atoms with van der Waals surface area (Å²) in [5.74, 6) is 0.911.